The van der Waals surface area contributed by atoms with E-state index in [0.29, 0.717) is 19.4 Å². The largest absolute Gasteiger partial charge is 0.393 e. The van der Waals surface area contributed by atoms with Crippen molar-refractivity contribution in [2.45, 2.75) is 25.2 Å². The first-order chi connectivity index (χ1) is 5.59. The molecule has 0 aromatic heterocycles. The Morgan fingerprint density at radius 2 is 2.42 bits per heavy atom. The minimum absolute atomic E-state index is 0.303. The van der Waals surface area contributed by atoms with Gasteiger partial charge in [0.15, 0.2) is 6.23 Å². The van der Waals surface area contributed by atoms with Crippen LogP contribution in [0.25, 0.3) is 0 Å². The number of nitrogens with zero attached hydrogens (tertiary/aromatic N) is 2. The third-order valence-electron chi connectivity index (χ3n) is 1.99. The van der Waals surface area contributed by atoms with Crippen LogP contribution >= 0.6 is 0 Å². The van der Waals surface area contributed by atoms with Gasteiger partial charge in [-0.2, -0.15) is 0 Å². The summed E-state index contributed by atoms with van der Waals surface area (Å²) in [6.07, 6.45) is -0.124. The fourth-order valence-electron chi connectivity index (χ4n) is 1.25. The molecule has 2 atom stereocenters. The monoisotopic (exact) mass is 176 g/mol. The van der Waals surface area contributed by atoms with Crippen molar-refractivity contribution < 1.29 is 15.0 Å². The molecule has 1 saturated heterocycles. The van der Waals surface area contributed by atoms with E-state index in [1.54, 1.807) is 11.9 Å². The average molecular weight is 176 g/mol. The first-order valence-electron chi connectivity index (χ1n) is 3.79. The molecule has 0 bridgehead atoms. The Balaban J connectivity index is 2.43. The summed E-state index contributed by atoms with van der Waals surface area (Å²) in [4.78, 5) is 16.1. The number of hydrogen-bond acceptors (Lipinski definition) is 5. The van der Waals surface area contributed by atoms with Crippen molar-refractivity contribution in [3.05, 3.63) is 10.1 Å². The van der Waals surface area contributed by atoms with Crippen LogP contribution in [0, 0.1) is 10.1 Å². The van der Waals surface area contributed by atoms with Gasteiger partial charge in [-0.05, 0) is 13.5 Å². The minimum Gasteiger partial charge on any atom is -0.393 e. The SMILES string of the molecule is CN1CCC(O)CC1O[N+](=O)[O-]. The molecule has 12 heavy (non-hydrogen) atoms. The predicted octanol–water partition coefficient (Wildman–Crippen LogP) is -0.393. The van der Waals surface area contributed by atoms with Gasteiger partial charge in [0, 0.05) is 13.0 Å². The minimum atomic E-state index is -0.820. The first kappa shape index (κ1) is 9.21. The lowest BCUT2D eigenvalue weighted by molar-refractivity contribution is -0.775. The molecular weight excluding hydrogens is 164 g/mol. The Morgan fingerprint density at radius 3 is 3.00 bits per heavy atom. The van der Waals surface area contributed by atoms with Crippen LogP contribution in [0.2, 0.25) is 0 Å². The Bertz CT molecular complexity index is 175. The topological polar surface area (TPSA) is 75.8 Å². The second kappa shape index (κ2) is 3.68. The summed E-state index contributed by atoms with van der Waals surface area (Å²) in [5.74, 6) is 0. The van der Waals surface area contributed by atoms with Gasteiger partial charge >= 0.3 is 0 Å². The number of likely N-dealkylation sites (tertiary alicyclic amines) is 1. The normalized spacial score (nSPS) is 31.5. The van der Waals surface area contributed by atoms with E-state index in [-0.39, 0.29) is 0 Å². The highest BCUT2D eigenvalue weighted by Gasteiger charge is 2.27. The second-order valence-corrected chi connectivity index (χ2v) is 2.94. The lowest BCUT2D eigenvalue weighted by Crippen LogP contribution is -2.44. The van der Waals surface area contributed by atoms with Crippen LogP contribution in [0.5, 0.6) is 0 Å². The third kappa shape index (κ3) is 2.31. The van der Waals surface area contributed by atoms with E-state index in [1.165, 1.54) is 0 Å². The predicted molar refractivity (Wildman–Crippen MR) is 39.7 cm³/mol. The highest BCUT2D eigenvalue weighted by molar-refractivity contribution is 4.72. The fraction of sp³-hybridized carbons (Fsp3) is 1.00. The summed E-state index contributed by atoms with van der Waals surface area (Å²) in [5, 5.41) is 18.4. The maximum Gasteiger partial charge on any atom is 0.296 e. The molecule has 1 N–H and O–H groups in total. The van der Waals surface area contributed by atoms with Crippen molar-refractivity contribution >= 4 is 0 Å². The van der Waals surface area contributed by atoms with E-state index < -0.39 is 17.4 Å². The molecule has 1 fully saturated rings. The number of hydrogen-bond donors (Lipinski definition) is 1. The number of piperidine rings is 1. The standard InChI is InChI=1S/C6H12N2O4/c1-7-3-2-5(9)4-6(7)12-8(10)11/h5-6,9H,2-4H2,1H3. The molecule has 0 saturated carbocycles. The van der Waals surface area contributed by atoms with Crippen LogP contribution < -0.4 is 0 Å². The molecule has 0 amide bonds. The maximum atomic E-state index is 9.99. The van der Waals surface area contributed by atoms with Crippen LogP contribution in [-0.2, 0) is 4.84 Å². The fourth-order valence-corrected chi connectivity index (χ4v) is 1.25. The van der Waals surface area contributed by atoms with Crippen LogP contribution in [0.3, 0.4) is 0 Å². The summed E-state index contributed by atoms with van der Waals surface area (Å²) in [6.45, 7) is 0.625. The molecule has 1 aliphatic heterocycles. The molecule has 0 aromatic rings. The van der Waals surface area contributed by atoms with E-state index in [2.05, 4.69) is 4.84 Å². The average Bonchev–Trinajstić information content (AvgIpc) is 1.96. The zero-order valence-corrected chi connectivity index (χ0v) is 6.84. The van der Waals surface area contributed by atoms with Crippen molar-refractivity contribution in [1.82, 2.24) is 4.90 Å². The Kier molecular flexibility index (Phi) is 2.83. The summed E-state index contributed by atoms with van der Waals surface area (Å²) in [5.41, 5.74) is 0. The highest BCUT2D eigenvalue weighted by Crippen LogP contribution is 2.16. The van der Waals surface area contributed by atoms with E-state index >= 15 is 0 Å². The first-order valence-corrected chi connectivity index (χ1v) is 3.79. The van der Waals surface area contributed by atoms with Gasteiger partial charge in [0.05, 0.1) is 6.10 Å². The maximum absolute atomic E-state index is 9.99. The van der Waals surface area contributed by atoms with Gasteiger partial charge in [0.1, 0.15) is 0 Å². The van der Waals surface area contributed by atoms with E-state index in [4.69, 9.17) is 0 Å². The van der Waals surface area contributed by atoms with Crippen molar-refractivity contribution in [3.63, 3.8) is 0 Å². The summed E-state index contributed by atoms with van der Waals surface area (Å²) >= 11 is 0. The van der Waals surface area contributed by atoms with E-state index in [9.17, 15) is 15.2 Å². The number of aliphatic hydroxyl groups excluding tert-OH is 1. The van der Waals surface area contributed by atoms with Gasteiger partial charge in [0.2, 0.25) is 0 Å². The van der Waals surface area contributed by atoms with Crippen molar-refractivity contribution in [3.8, 4) is 0 Å². The second-order valence-electron chi connectivity index (χ2n) is 2.94. The van der Waals surface area contributed by atoms with Crippen LogP contribution in [0.15, 0.2) is 0 Å². The number of aliphatic hydroxyl groups is 1. The molecule has 6 nitrogen and oxygen atoms in total. The highest BCUT2D eigenvalue weighted by atomic mass is 17.0. The molecule has 1 aliphatic rings. The van der Waals surface area contributed by atoms with Crippen molar-refractivity contribution in [2.75, 3.05) is 13.6 Å². The lowest BCUT2D eigenvalue weighted by atomic mass is 10.1. The van der Waals surface area contributed by atoms with Crippen LogP contribution in [-0.4, -0.2) is 41.0 Å². The van der Waals surface area contributed by atoms with Gasteiger partial charge in [0.25, 0.3) is 5.09 Å². The lowest BCUT2D eigenvalue weighted by Gasteiger charge is -2.32. The van der Waals surface area contributed by atoms with Crippen molar-refractivity contribution in [1.29, 1.82) is 0 Å². The summed E-state index contributed by atoms with van der Waals surface area (Å²) < 4.78 is 0. The molecule has 1 rings (SSSR count). The quantitative estimate of drug-likeness (QED) is 0.458. The van der Waals surface area contributed by atoms with Gasteiger partial charge in [-0.15, -0.1) is 10.1 Å². The zero-order chi connectivity index (χ0) is 9.14. The van der Waals surface area contributed by atoms with E-state index in [0.717, 1.165) is 0 Å². The summed E-state index contributed by atoms with van der Waals surface area (Å²) in [7, 11) is 1.74. The van der Waals surface area contributed by atoms with Gasteiger partial charge < -0.3 is 5.11 Å². The summed E-state index contributed by atoms with van der Waals surface area (Å²) in [6, 6.07) is 0. The van der Waals surface area contributed by atoms with Gasteiger partial charge in [-0.1, -0.05) is 0 Å². The molecule has 6 heteroatoms. The molecule has 0 spiro atoms. The van der Waals surface area contributed by atoms with Crippen molar-refractivity contribution in [2.24, 2.45) is 0 Å². The molecule has 1 heterocycles. The van der Waals surface area contributed by atoms with Gasteiger partial charge in [-0.3, -0.25) is 9.74 Å². The Labute approximate surface area is 69.8 Å². The van der Waals surface area contributed by atoms with E-state index in [1.807, 2.05) is 0 Å². The molecule has 0 aliphatic carbocycles. The van der Waals surface area contributed by atoms with Gasteiger partial charge in [-0.25, -0.2) is 0 Å². The van der Waals surface area contributed by atoms with Crippen LogP contribution in [0.4, 0.5) is 0 Å². The Hall–Kier alpha value is -0.880. The molecule has 2 unspecified atom stereocenters. The van der Waals surface area contributed by atoms with Crippen LogP contribution in [0.1, 0.15) is 12.8 Å². The molecule has 70 valence electrons. The smallest absolute Gasteiger partial charge is 0.296 e. The number of rotatable bonds is 2. The zero-order valence-electron chi connectivity index (χ0n) is 6.84. The third-order valence-corrected chi connectivity index (χ3v) is 1.99. The molecular formula is C6H12N2O4. The Morgan fingerprint density at radius 1 is 1.75 bits per heavy atom. The molecule has 0 aromatic carbocycles. The molecule has 0 radical (unpaired) electrons.